The third kappa shape index (κ3) is 3.88. The number of halogens is 4. The highest BCUT2D eigenvalue weighted by atomic mass is 35.5. The second kappa shape index (κ2) is 10.7. The summed E-state index contributed by atoms with van der Waals surface area (Å²) < 4.78 is 0. The lowest BCUT2D eigenvalue weighted by atomic mass is 9.54. The minimum absolute atomic E-state index is 0.00867. The molecule has 3 heterocycles. The van der Waals surface area contributed by atoms with Gasteiger partial charge in [0.1, 0.15) is 5.54 Å². The summed E-state index contributed by atoms with van der Waals surface area (Å²) in [6, 6.07) is 23.1. The van der Waals surface area contributed by atoms with Gasteiger partial charge in [-0.15, -0.1) is 0 Å². The molecule has 1 unspecified atom stereocenters. The third-order valence-corrected chi connectivity index (χ3v) is 12.4. The second-order valence-electron chi connectivity index (χ2n) is 12.9. The largest absolute Gasteiger partial charge is 0.301 e. The van der Waals surface area contributed by atoms with Gasteiger partial charge in [-0.3, -0.25) is 14.5 Å². The van der Waals surface area contributed by atoms with Crippen molar-refractivity contribution in [3.8, 4) is 0 Å². The zero-order valence-electron chi connectivity index (χ0n) is 24.6. The number of likely N-dealkylation sites (N-methyl/N-ethyl adjacent to an activating group) is 1. The predicted octanol–water partition coefficient (Wildman–Crippen LogP) is 9.08. The number of hydrogen-bond acceptors (Lipinski definition) is 4. The zero-order valence-corrected chi connectivity index (χ0v) is 27.6. The monoisotopic (exact) mass is 674 g/mol. The van der Waals surface area contributed by atoms with Crippen molar-refractivity contribution in [2.45, 2.75) is 36.8 Å². The number of Topliss-reactive ketones (excluding diaryl/α,β-unsaturated/α-hetero) is 2. The van der Waals surface area contributed by atoms with E-state index in [-0.39, 0.29) is 17.6 Å². The first-order valence-corrected chi connectivity index (χ1v) is 16.9. The number of fused-ring (bicyclic) bond motifs is 4. The Kier molecular flexibility index (Phi) is 7.04. The van der Waals surface area contributed by atoms with Gasteiger partial charge in [-0.1, -0.05) is 113 Å². The predicted molar refractivity (Wildman–Crippen MR) is 183 cm³/mol. The van der Waals surface area contributed by atoms with Gasteiger partial charge in [0.05, 0.1) is 25.5 Å². The molecule has 4 aromatic carbocycles. The van der Waals surface area contributed by atoms with E-state index in [1.54, 1.807) is 12.1 Å². The average Bonchev–Trinajstić information content (AvgIpc) is 3.44. The lowest BCUT2D eigenvalue weighted by molar-refractivity contribution is -0.134. The molecule has 3 aliphatic heterocycles. The molecule has 0 N–H and O–H groups in total. The number of likely N-dealkylation sites (tertiary alicyclic amines) is 1. The Balaban J connectivity index is 1.49. The van der Waals surface area contributed by atoms with Crippen molar-refractivity contribution in [1.82, 2.24) is 9.80 Å². The molecule has 4 aromatic rings. The van der Waals surface area contributed by atoms with Crippen molar-refractivity contribution in [2.75, 3.05) is 26.7 Å². The van der Waals surface area contributed by atoms with Crippen LogP contribution in [0.5, 0.6) is 0 Å². The SMILES string of the molecule is CN1C/C(=C\c2cccc(Cl)c2Cl)C(=O)C2(C1)[C@@H](c1cccc(Cl)c1Cl)[C@@H]1CCCCN1[C@@]21C(=O)c2cccc3cccc1c23. The minimum atomic E-state index is -1.24. The van der Waals surface area contributed by atoms with Crippen LogP contribution in [0.4, 0.5) is 0 Å². The maximum Gasteiger partial charge on any atom is 0.189 e. The van der Waals surface area contributed by atoms with Gasteiger partial charge in [-0.2, -0.15) is 0 Å². The van der Waals surface area contributed by atoms with Crippen LogP contribution in [-0.4, -0.2) is 54.1 Å². The molecule has 4 atom stereocenters. The number of carbonyl (C=O) groups excluding carboxylic acids is 2. The summed E-state index contributed by atoms with van der Waals surface area (Å²) in [5, 5.41) is 3.63. The van der Waals surface area contributed by atoms with Crippen molar-refractivity contribution in [3.63, 3.8) is 0 Å². The Morgan fingerprint density at radius 2 is 1.53 bits per heavy atom. The number of piperidine rings is 2. The topological polar surface area (TPSA) is 40.6 Å². The molecule has 3 fully saturated rings. The van der Waals surface area contributed by atoms with E-state index in [4.69, 9.17) is 46.4 Å². The Bertz CT molecular complexity index is 1970. The summed E-state index contributed by atoms with van der Waals surface area (Å²) in [6.07, 6.45) is 4.64. The van der Waals surface area contributed by atoms with Crippen LogP contribution in [0.2, 0.25) is 20.1 Å². The molecule has 8 heteroatoms. The van der Waals surface area contributed by atoms with Gasteiger partial charge < -0.3 is 4.90 Å². The molecular formula is C37H30Cl4N2O2. The Hall–Kier alpha value is -2.70. The second-order valence-corrected chi connectivity index (χ2v) is 14.5. The van der Waals surface area contributed by atoms with E-state index in [9.17, 15) is 0 Å². The first-order valence-electron chi connectivity index (χ1n) is 15.4. The van der Waals surface area contributed by atoms with Gasteiger partial charge in [0.15, 0.2) is 11.6 Å². The summed E-state index contributed by atoms with van der Waals surface area (Å²) in [4.78, 5) is 35.8. The number of ketones is 2. The highest BCUT2D eigenvalue weighted by molar-refractivity contribution is 6.43. The lowest BCUT2D eigenvalue weighted by Crippen LogP contribution is -2.65. The van der Waals surface area contributed by atoms with Gasteiger partial charge in [-0.25, -0.2) is 0 Å². The molecule has 8 rings (SSSR count). The van der Waals surface area contributed by atoms with Gasteiger partial charge in [-0.05, 0) is 72.1 Å². The van der Waals surface area contributed by atoms with Crippen LogP contribution in [0.3, 0.4) is 0 Å². The standard InChI is InChI=1S/C37H30Cl4N2O2/c1-42-19-23(18-22-10-6-14-27(38)32(22)40)34(44)36(20-42)31(25-12-7-15-28(39)33(25)41)29-16-2-3-17-43(29)37(36)26-13-5-9-21-8-4-11-24(30(21)26)35(37)45/h4-15,18,29,31H,2-3,16-17,19-20H2,1H3/b23-18+/t29-,31-,36?,37-/m0/s1. The van der Waals surface area contributed by atoms with Crippen molar-refractivity contribution < 1.29 is 9.59 Å². The number of benzene rings is 4. The summed E-state index contributed by atoms with van der Waals surface area (Å²) in [5.74, 6) is -0.457. The molecule has 0 amide bonds. The molecule has 0 aromatic heterocycles. The highest BCUT2D eigenvalue weighted by Crippen LogP contribution is 2.69. The zero-order chi connectivity index (χ0) is 31.2. The number of rotatable bonds is 2. The Morgan fingerprint density at radius 1 is 0.822 bits per heavy atom. The van der Waals surface area contributed by atoms with E-state index in [2.05, 4.69) is 28.0 Å². The van der Waals surface area contributed by atoms with Crippen molar-refractivity contribution >= 4 is 74.8 Å². The highest BCUT2D eigenvalue weighted by Gasteiger charge is 2.77. The fourth-order valence-corrected chi connectivity index (χ4v) is 10.1. The van der Waals surface area contributed by atoms with Crippen molar-refractivity contribution in [3.05, 3.63) is 121 Å². The molecule has 0 bridgehead atoms. The molecule has 4 aliphatic rings. The van der Waals surface area contributed by atoms with Gasteiger partial charge >= 0.3 is 0 Å². The van der Waals surface area contributed by atoms with Crippen LogP contribution in [0.15, 0.2) is 78.4 Å². The van der Waals surface area contributed by atoms with Crippen molar-refractivity contribution in [2.24, 2.45) is 5.41 Å². The summed E-state index contributed by atoms with van der Waals surface area (Å²) in [7, 11) is 2.02. The molecule has 1 aliphatic carbocycles. The van der Waals surface area contributed by atoms with E-state index in [1.807, 2.05) is 55.6 Å². The number of nitrogens with zero attached hydrogens (tertiary/aromatic N) is 2. The fourth-order valence-electron chi connectivity index (χ4n) is 9.29. The van der Waals surface area contributed by atoms with E-state index < -0.39 is 16.9 Å². The molecule has 0 saturated carbocycles. The molecule has 4 nitrogen and oxygen atoms in total. The molecule has 0 radical (unpaired) electrons. The third-order valence-electron chi connectivity index (χ3n) is 10.7. The molecular weight excluding hydrogens is 646 g/mol. The Morgan fingerprint density at radius 3 is 2.33 bits per heavy atom. The van der Waals surface area contributed by atoms with Crippen LogP contribution in [-0.2, 0) is 10.3 Å². The first-order chi connectivity index (χ1) is 21.7. The smallest absolute Gasteiger partial charge is 0.189 e. The molecule has 228 valence electrons. The number of hydrogen-bond donors (Lipinski definition) is 0. The van der Waals surface area contributed by atoms with Crippen LogP contribution < -0.4 is 0 Å². The molecule has 45 heavy (non-hydrogen) atoms. The maximum atomic E-state index is 15.8. The van der Waals surface area contributed by atoms with Crippen LogP contribution in [0, 0.1) is 5.41 Å². The summed E-state index contributed by atoms with van der Waals surface area (Å²) in [5.41, 5.74) is 1.21. The molecule has 3 saturated heterocycles. The number of carbonyl (C=O) groups is 2. The minimum Gasteiger partial charge on any atom is -0.301 e. The van der Waals surface area contributed by atoms with E-state index in [0.717, 1.165) is 41.2 Å². The van der Waals surface area contributed by atoms with Crippen LogP contribution >= 0.6 is 46.4 Å². The van der Waals surface area contributed by atoms with Gasteiger partial charge in [0, 0.05) is 36.2 Å². The normalized spacial score (nSPS) is 29.0. The van der Waals surface area contributed by atoms with E-state index in [0.29, 0.717) is 56.4 Å². The lowest BCUT2D eigenvalue weighted by Gasteiger charge is -2.52. The van der Waals surface area contributed by atoms with Gasteiger partial charge in [0.2, 0.25) is 0 Å². The molecule has 2 spiro atoms. The first kappa shape index (κ1) is 29.7. The van der Waals surface area contributed by atoms with Crippen LogP contribution in [0.25, 0.3) is 16.8 Å². The van der Waals surface area contributed by atoms with E-state index in [1.165, 1.54) is 0 Å². The Labute approximate surface area is 282 Å². The summed E-state index contributed by atoms with van der Waals surface area (Å²) >= 11 is 26.9. The van der Waals surface area contributed by atoms with Gasteiger partial charge in [0.25, 0.3) is 0 Å². The summed E-state index contributed by atoms with van der Waals surface area (Å²) in [6.45, 7) is 1.49. The fraction of sp³-hybridized carbons (Fsp3) is 0.297. The van der Waals surface area contributed by atoms with Crippen LogP contribution in [0.1, 0.15) is 52.2 Å². The average molecular weight is 676 g/mol. The maximum absolute atomic E-state index is 15.8. The quantitative estimate of drug-likeness (QED) is 0.199. The van der Waals surface area contributed by atoms with E-state index >= 15 is 9.59 Å². The van der Waals surface area contributed by atoms with Crippen molar-refractivity contribution in [1.29, 1.82) is 0 Å².